The van der Waals surface area contributed by atoms with E-state index in [4.69, 9.17) is 10.5 Å². The molecule has 0 amide bonds. The number of nitrogens with two attached hydrogens (primary N) is 1. The van der Waals surface area contributed by atoms with Crippen LogP contribution in [0.1, 0.15) is 11.1 Å². The summed E-state index contributed by atoms with van der Waals surface area (Å²) in [4.78, 5) is 0. The fraction of sp³-hybridized carbons (Fsp3) is 0.368. The molecule has 2 aliphatic heterocycles. The number of aryl methyl sites for hydroxylation is 1. The average molecular weight is 367 g/mol. The molecule has 2 atom stereocenters. The summed E-state index contributed by atoms with van der Waals surface area (Å²) in [6, 6.07) is 10.0. The summed E-state index contributed by atoms with van der Waals surface area (Å²) < 4.78 is 7.52. The van der Waals surface area contributed by atoms with Gasteiger partial charge in [-0.1, -0.05) is 30.3 Å². The molecule has 142 valence electrons. The first-order chi connectivity index (χ1) is 13.1. The Bertz CT molecular complexity index is 839. The van der Waals surface area contributed by atoms with Gasteiger partial charge in [-0.05, 0) is 6.08 Å². The number of hydrazone groups is 1. The minimum Gasteiger partial charge on any atom is -0.381 e. The number of nitrogens with one attached hydrogen (secondary N) is 3. The van der Waals surface area contributed by atoms with Crippen LogP contribution in [-0.2, 0) is 17.4 Å². The van der Waals surface area contributed by atoms with Crippen molar-refractivity contribution in [3.8, 4) is 0 Å². The number of hydrogen-bond acceptors (Lipinski definition) is 7. The highest BCUT2D eigenvalue weighted by molar-refractivity contribution is 6.12. The lowest BCUT2D eigenvalue weighted by atomic mass is 9.97. The molecule has 2 unspecified atom stereocenters. The zero-order valence-corrected chi connectivity index (χ0v) is 15.4. The SMILES string of the molecule is Cn1cc(C2(N)C=C(NCC3CNCCO3)C(c3ccccc3)=NN2)cn1. The first kappa shape index (κ1) is 17.7. The summed E-state index contributed by atoms with van der Waals surface area (Å²) in [5, 5.41) is 15.7. The molecule has 27 heavy (non-hydrogen) atoms. The Morgan fingerprint density at radius 3 is 2.93 bits per heavy atom. The van der Waals surface area contributed by atoms with Crippen LogP contribution in [0.2, 0.25) is 0 Å². The van der Waals surface area contributed by atoms with Crippen LogP contribution in [0.4, 0.5) is 0 Å². The zero-order chi connectivity index (χ0) is 18.7. The number of rotatable bonds is 5. The predicted octanol–water partition coefficient (Wildman–Crippen LogP) is 0.00100. The molecule has 3 heterocycles. The van der Waals surface area contributed by atoms with E-state index < -0.39 is 5.66 Å². The average Bonchev–Trinajstić information content (AvgIpc) is 3.15. The Morgan fingerprint density at radius 1 is 1.37 bits per heavy atom. The van der Waals surface area contributed by atoms with Gasteiger partial charge in [-0.2, -0.15) is 10.2 Å². The number of aromatic nitrogens is 2. The maximum Gasteiger partial charge on any atom is 0.152 e. The van der Waals surface area contributed by atoms with E-state index in [1.54, 1.807) is 10.9 Å². The maximum absolute atomic E-state index is 6.60. The number of allylic oxidation sites excluding steroid dienone is 1. The quantitative estimate of drug-likeness (QED) is 0.594. The third-order valence-corrected chi connectivity index (χ3v) is 4.73. The van der Waals surface area contributed by atoms with Crippen molar-refractivity contribution in [3.05, 3.63) is 65.6 Å². The van der Waals surface area contributed by atoms with Gasteiger partial charge in [0.05, 0.1) is 24.6 Å². The molecular weight excluding hydrogens is 342 g/mol. The van der Waals surface area contributed by atoms with Crippen molar-refractivity contribution in [1.82, 2.24) is 25.8 Å². The van der Waals surface area contributed by atoms with Crippen molar-refractivity contribution >= 4 is 5.71 Å². The van der Waals surface area contributed by atoms with Gasteiger partial charge in [0.2, 0.25) is 0 Å². The molecule has 1 aromatic heterocycles. The van der Waals surface area contributed by atoms with Crippen molar-refractivity contribution in [2.45, 2.75) is 11.8 Å². The summed E-state index contributed by atoms with van der Waals surface area (Å²) in [7, 11) is 1.87. The fourth-order valence-corrected chi connectivity index (χ4v) is 3.25. The molecule has 0 bridgehead atoms. The Balaban J connectivity index is 1.61. The van der Waals surface area contributed by atoms with Gasteiger partial charge in [-0.25, -0.2) is 0 Å². The summed E-state index contributed by atoms with van der Waals surface area (Å²) in [6.07, 6.45) is 5.71. The highest BCUT2D eigenvalue weighted by Crippen LogP contribution is 2.23. The van der Waals surface area contributed by atoms with Gasteiger partial charge in [0, 0.05) is 44.0 Å². The second kappa shape index (κ2) is 7.51. The highest BCUT2D eigenvalue weighted by Gasteiger charge is 2.32. The molecular formula is C19H25N7O. The highest BCUT2D eigenvalue weighted by atomic mass is 16.5. The summed E-state index contributed by atoms with van der Waals surface area (Å²) in [6.45, 7) is 3.12. The van der Waals surface area contributed by atoms with Crippen molar-refractivity contribution < 1.29 is 4.74 Å². The summed E-state index contributed by atoms with van der Waals surface area (Å²) >= 11 is 0. The maximum atomic E-state index is 6.60. The molecule has 1 fully saturated rings. The van der Waals surface area contributed by atoms with Crippen LogP contribution >= 0.6 is 0 Å². The van der Waals surface area contributed by atoms with E-state index in [-0.39, 0.29) is 6.10 Å². The minimum atomic E-state index is -0.930. The number of ether oxygens (including phenoxy) is 1. The molecule has 4 rings (SSSR count). The standard InChI is InChI=1S/C19H25N7O/c1-26-13-15(10-23-26)19(20)9-17(22-12-16-11-21-7-8-27-16)18(24-25-19)14-5-3-2-4-6-14/h2-6,9-10,13,16,21-22,25H,7-8,11-12,20H2,1H3. The Hall–Kier alpha value is -2.68. The molecule has 0 aliphatic carbocycles. The van der Waals surface area contributed by atoms with Crippen LogP contribution in [0.3, 0.4) is 0 Å². The van der Waals surface area contributed by atoms with E-state index in [1.807, 2.05) is 49.7 Å². The molecule has 0 saturated carbocycles. The molecule has 2 aliphatic rings. The summed E-state index contributed by atoms with van der Waals surface area (Å²) in [5.74, 6) is 0. The molecule has 1 saturated heterocycles. The molecule has 0 spiro atoms. The Morgan fingerprint density at radius 2 is 2.22 bits per heavy atom. The fourth-order valence-electron chi connectivity index (χ4n) is 3.25. The minimum absolute atomic E-state index is 0.108. The third kappa shape index (κ3) is 3.87. The molecule has 1 aromatic carbocycles. The molecule has 0 radical (unpaired) electrons. The van der Waals surface area contributed by atoms with Crippen LogP contribution < -0.4 is 21.8 Å². The molecule has 8 heteroatoms. The van der Waals surface area contributed by atoms with E-state index in [1.165, 1.54) is 0 Å². The van der Waals surface area contributed by atoms with Crippen molar-refractivity contribution in [2.75, 3.05) is 26.2 Å². The van der Waals surface area contributed by atoms with Gasteiger partial charge in [0.1, 0.15) is 5.71 Å². The number of benzene rings is 1. The Kier molecular flexibility index (Phi) is 4.93. The topological polar surface area (TPSA) is 102 Å². The van der Waals surface area contributed by atoms with Crippen LogP contribution in [-0.4, -0.2) is 47.8 Å². The normalized spacial score (nSPS) is 25.3. The lowest BCUT2D eigenvalue weighted by molar-refractivity contribution is 0.0308. The van der Waals surface area contributed by atoms with E-state index in [2.05, 4.69) is 26.3 Å². The van der Waals surface area contributed by atoms with Gasteiger partial charge in [0.15, 0.2) is 5.66 Å². The van der Waals surface area contributed by atoms with E-state index in [0.29, 0.717) is 6.54 Å². The smallest absolute Gasteiger partial charge is 0.152 e. The lowest BCUT2D eigenvalue weighted by Crippen LogP contribution is -2.51. The Labute approximate surface area is 158 Å². The van der Waals surface area contributed by atoms with Crippen LogP contribution in [0.25, 0.3) is 0 Å². The van der Waals surface area contributed by atoms with Gasteiger partial charge < -0.3 is 21.1 Å². The van der Waals surface area contributed by atoms with E-state index in [9.17, 15) is 0 Å². The van der Waals surface area contributed by atoms with Gasteiger partial charge in [-0.15, -0.1) is 0 Å². The number of hydrogen-bond donors (Lipinski definition) is 4. The third-order valence-electron chi connectivity index (χ3n) is 4.73. The largest absolute Gasteiger partial charge is 0.381 e. The van der Waals surface area contributed by atoms with Gasteiger partial charge in [0.25, 0.3) is 0 Å². The van der Waals surface area contributed by atoms with Gasteiger partial charge >= 0.3 is 0 Å². The second-order valence-electron chi connectivity index (χ2n) is 6.85. The van der Waals surface area contributed by atoms with Crippen LogP contribution in [0, 0.1) is 0 Å². The molecule has 5 N–H and O–H groups in total. The van der Waals surface area contributed by atoms with E-state index in [0.717, 1.165) is 42.2 Å². The predicted molar refractivity (Wildman–Crippen MR) is 104 cm³/mol. The molecule has 8 nitrogen and oxygen atoms in total. The lowest BCUT2D eigenvalue weighted by Gasteiger charge is -2.32. The second-order valence-corrected chi connectivity index (χ2v) is 6.85. The van der Waals surface area contributed by atoms with Crippen LogP contribution in [0.5, 0.6) is 0 Å². The van der Waals surface area contributed by atoms with Crippen molar-refractivity contribution in [2.24, 2.45) is 17.9 Å². The first-order valence-corrected chi connectivity index (χ1v) is 9.12. The van der Waals surface area contributed by atoms with Crippen molar-refractivity contribution in [1.29, 1.82) is 0 Å². The molecule has 2 aromatic rings. The number of morpholine rings is 1. The van der Waals surface area contributed by atoms with Crippen LogP contribution in [0.15, 0.2) is 59.6 Å². The monoisotopic (exact) mass is 367 g/mol. The first-order valence-electron chi connectivity index (χ1n) is 9.12. The van der Waals surface area contributed by atoms with Gasteiger partial charge in [-0.3, -0.25) is 10.1 Å². The zero-order valence-electron chi connectivity index (χ0n) is 15.4. The number of nitrogens with zero attached hydrogens (tertiary/aromatic N) is 3. The summed E-state index contributed by atoms with van der Waals surface area (Å²) in [5.41, 5.74) is 12.3. The van der Waals surface area contributed by atoms with Crippen molar-refractivity contribution in [3.63, 3.8) is 0 Å². The van der Waals surface area contributed by atoms with E-state index >= 15 is 0 Å².